The smallest absolute Gasteiger partial charge is 0.221 e. The van der Waals surface area contributed by atoms with Crippen molar-refractivity contribution in [2.45, 2.75) is 12.8 Å². The van der Waals surface area contributed by atoms with Crippen molar-refractivity contribution in [3.63, 3.8) is 0 Å². The Bertz CT molecular complexity index is 745. The van der Waals surface area contributed by atoms with Gasteiger partial charge in [-0.1, -0.05) is 29.8 Å². The molecule has 0 aliphatic carbocycles. The van der Waals surface area contributed by atoms with E-state index in [1.165, 1.54) is 12.1 Å². The van der Waals surface area contributed by atoms with E-state index in [1.807, 2.05) is 18.2 Å². The Kier molecular flexibility index (Phi) is 7.07. The minimum atomic E-state index is -0.238. The summed E-state index contributed by atoms with van der Waals surface area (Å²) < 4.78 is 12.9. The normalized spacial score (nSPS) is 15.0. The molecule has 1 saturated heterocycles. The molecule has 0 radical (unpaired) electrons. The summed E-state index contributed by atoms with van der Waals surface area (Å²) in [5.74, 6) is -0.173. The maximum absolute atomic E-state index is 12.9. The summed E-state index contributed by atoms with van der Waals surface area (Å²) in [6, 6.07) is 14.3. The number of nitrogens with one attached hydrogen (secondary N) is 1. The van der Waals surface area contributed by atoms with Gasteiger partial charge < -0.3 is 10.2 Å². The van der Waals surface area contributed by atoms with Crippen LogP contribution in [0.4, 0.5) is 10.1 Å². The van der Waals surface area contributed by atoms with E-state index in [0.717, 1.165) is 49.0 Å². The molecular formula is C21H25ClFN3O. The molecule has 1 aliphatic heterocycles. The summed E-state index contributed by atoms with van der Waals surface area (Å²) in [7, 11) is 0. The first-order valence-electron chi connectivity index (χ1n) is 9.34. The van der Waals surface area contributed by atoms with Gasteiger partial charge >= 0.3 is 0 Å². The van der Waals surface area contributed by atoms with Gasteiger partial charge in [0.2, 0.25) is 5.91 Å². The number of hydrogen-bond acceptors (Lipinski definition) is 3. The highest BCUT2D eigenvalue weighted by molar-refractivity contribution is 6.30. The number of anilines is 1. The first-order chi connectivity index (χ1) is 13.1. The molecule has 1 fully saturated rings. The standard InChI is InChI=1S/C21H25ClFN3O/c22-18-2-1-3-20(16-18)26-14-12-25(13-15-26)11-9-21(27)24-10-8-17-4-6-19(23)7-5-17/h1-7,16H,8-15H2,(H,24,27). The van der Waals surface area contributed by atoms with Crippen molar-refractivity contribution in [2.75, 3.05) is 44.2 Å². The summed E-state index contributed by atoms with van der Waals surface area (Å²) in [5.41, 5.74) is 2.18. The lowest BCUT2D eigenvalue weighted by Gasteiger charge is -2.36. The molecule has 0 spiro atoms. The lowest BCUT2D eigenvalue weighted by Crippen LogP contribution is -2.47. The van der Waals surface area contributed by atoms with Crippen LogP contribution in [-0.2, 0) is 11.2 Å². The number of rotatable bonds is 7. The van der Waals surface area contributed by atoms with Crippen molar-refractivity contribution >= 4 is 23.2 Å². The average Bonchev–Trinajstić information content (AvgIpc) is 2.68. The molecule has 27 heavy (non-hydrogen) atoms. The molecular weight excluding hydrogens is 365 g/mol. The number of halogens is 2. The Labute approximate surface area is 164 Å². The van der Waals surface area contributed by atoms with Crippen LogP contribution in [0.15, 0.2) is 48.5 Å². The number of hydrogen-bond donors (Lipinski definition) is 1. The molecule has 1 amide bonds. The van der Waals surface area contributed by atoms with E-state index < -0.39 is 0 Å². The van der Waals surface area contributed by atoms with Crippen LogP contribution in [0.3, 0.4) is 0 Å². The van der Waals surface area contributed by atoms with Gasteiger partial charge in [-0.25, -0.2) is 4.39 Å². The first kappa shape index (κ1) is 19.6. The van der Waals surface area contributed by atoms with Crippen molar-refractivity contribution in [1.82, 2.24) is 10.2 Å². The molecule has 0 aromatic heterocycles. The fraction of sp³-hybridized carbons (Fsp3) is 0.381. The van der Waals surface area contributed by atoms with Gasteiger partial charge in [0.15, 0.2) is 0 Å². The van der Waals surface area contributed by atoms with Gasteiger partial charge in [0.05, 0.1) is 0 Å². The highest BCUT2D eigenvalue weighted by Gasteiger charge is 2.17. The topological polar surface area (TPSA) is 35.6 Å². The number of nitrogens with zero attached hydrogens (tertiary/aromatic N) is 2. The highest BCUT2D eigenvalue weighted by atomic mass is 35.5. The molecule has 0 bridgehead atoms. The lowest BCUT2D eigenvalue weighted by atomic mass is 10.1. The minimum absolute atomic E-state index is 0.0642. The van der Waals surface area contributed by atoms with Crippen molar-refractivity contribution < 1.29 is 9.18 Å². The van der Waals surface area contributed by atoms with Crippen LogP contribution in [0.5, 0.6) is 0 Å². The van der Waals surface area contributed by atoms with Crippen molar-refractivity contribution in [2.24, 2.45) is 0 Å². The second-order valence-electron chi connectivity index (χ2n) is 6.78. The monoisotopic (exact) mass is 389 g/mol. The molecule has 1 aliphatic rings. The third-order valence-corrected chi connectivity index (χ3v) is 5.08. The second kappa shape index (κ2) is 9.72. The number of carbonyl (C=O) groups is 1. The summed E-state index contributed by atoms with van der Waals surface area (Å²) >= 11 is 6.07. The number of piperazine rings is 1. The fourth-order valence-electron chi connectivity index (χ4n) is 3.25. The van der Waals surface area contributed by atoms with Gasteiger partial charge in [-0.15, -0.1) is 0 Å². The predicted molar refractivity (Wildman–Crippen MR) is 108 cm³/mol. The Morgan fingerprint density at radius 1 is 1.07 bits per heavy atom. The molecule has 2 aromatic rings. The van der Waals surface area contributed by atoms with Crippen LogP contribution >= 0.6 is 11.6 Å². The van der Waals surface area contributed by atoms with Crippen LogP contribution < -0.4 is 10.2 Å². The van der Waals surface area contributed by atoms with E-state index in [4.69, 9.17) is 11.6 Å². The molecule has 0 saturated carbocycles. The van der Waals surface area contributed by atoms with Gasteiger partial charge in [0.1, 0.15) is 5.82 Å². The Balaban J connectivity index is 1.32. The quantitative estimate of drug-likeness (QED) is 0.788. The maximum Gasteiger partial charge on any atom is 0.221 e. The number of amides is 1. The van der Waals surface area contributed by atoms with Gasteiger partial charge in [-0.3, -0.25) is 9.69 Å². The Morgan fingerprint density at radius 3 is 2.52 bits per heavy atom. The van der Waals surface area contributed by atoms with Crippen LogP contribution in [0.25, 0.3) is 0 Å². The summed E-state index contributed by atoms with van der Waals surface area (Å²) in [6.07, 6.45) is 1.21. The molecule has 4 nitrogen and oxygen atoms in total. The van der Waals surface area contributed by atoms with Crippen molar-refractivity contribution in [3.05, 3.63) is 64.9 Å². The van der Waals surface area contributed by atoms with Crippen molar-refractivity contribution in [1.29, 1.82) is 0 Å². The molecule has 2 aromatic carbocycles. The molecule has 144 valence electrons. The zero-order valence-corrected chi connectivity index (χ0v) is 16.1. The lowest BCUT2D eigenvalue weighted by molar-refractivity contribution is -0.121. The van der Waals surface area contributed by atoms with Gasteiger partial charge in [0, 0.05) is 56.4 Å². The molecule has 6 heteroatoms. The molecule has 0 atom stereocenters. The largest absolute Gasteiger partial charge is 0.369 e. The van der Waals surface area contributed by atoms with Gasteiger partial charge in [0.25, 0.3) is 0 Å². The van der Waals surface area contributed by atoms with E-state index in [0.29, 0.717) is 19.4 Å². The van der Waals surface area contributed by atoms with Gasteiger partial charge in [-0.05, 0) is 42.3 Å². The number of carbonyl (C=O) groups excluding carboxylic acids is 1. The van der Waals surface area contributed by atoms with E-state index >= 15 is 0 Å². The van der Waals surface area contributed by atoms with E-state index in [-0.39, 0.29) is 11.7 Å². The molecule has 0 unspecified atom stereocenters. The van der Waals surface area contributed by atoms with Crippen molar-refractivity contribution in [3.8, 4) is 0 Å². The van der Waals surface area contributed by atoms with E-state index in [2.05, 4.69) is 21.2 Å². The molecule has 1 N–H and O–H groups in total. The summed E-state index contributed by atoms with van der Waals surface area (Å²) in [6.45, 7) is 5.10. The molecule has 3 rings (SSSR count). The summed E-state index contributed by atoms with van der Waals surface area (Å²) in [4.78, 5) is 16.7. The summed E-state index contributed by atoms with van der Waals surface area (Å²) in [5, 5.41) is 3.70. The van der Waals surface area contributed by atoms with Crippen LogP contribution in [0.2, 0.25) is 5.02 Å². The predicted octanol–water partition coefficient (Wildman–Crippen LogP) is 3.35. The zero-order valence-electron chi connectivity index (χ0n) is 15.3. The SMILES string of the molecule is O=C(CCN1CCN(c2cccc(Cl)c2)CC1)NCCc1ccc(F)cc1. The first-order valence-corrected chi connectivity index (χ1v) is 9.72. The third kappa shape index (κ3) is 6.22. The Hall–Kier alpha value is -2.11. The Morgan fingerprint density at radius 2 is 1.81 bits per heavy atom. The second-order valence-corrected chi connectivity index (χ2v) is 7.22. The van der Waals surface area contributed by atoms with E-state index in [9.17, 15) is 9.18 Å². The third-order valence-electron chi connectivity index (χ3n) is 4.85. The van der Waals surface area contributed by atoms with Crippen LogP contribution in [0, 0.1) is 5.82 Å². The van der Waals surface area contributed by atoms with Crippen LogP contribution in [-0.4, -0.2) is 50.1 Å². The van der Waals surface area contributed by atoms with Gasteiger partial charge in [-0.2, -0.15) is 0 Å². The molecule has 1 heterocycles. The van der Waals surface area contributed by atoms with Crippen LogP contribution in [0.1, 0.15) is 12.0 Å². The highest BCUT2D eigenvalue weighted by Crippen LogP contribution is 2.20. The maximum atomic E-state index is 12.9. The van der Waals surface area contributed by atoms with E-state index in [1.54, 1.807) is 12.1 Å². The zero-order chi connectivity index (χ0) is 19.1. The average molecular weight is 390 g/mol. The fourth-order valence-corrected chi connectivity index (χ4v) is 3.43. The number of benzene rings is 2. The minimum Gasteiger partial charge on any atom is -0.369 e.